The summed E-state index contributed by atoms with van der Waals surface area (Å²) in [5.41, 5.74) is 1.72. The Balaban J connectivity index is 1.84. The van der Waals surface area contributed by atoms with Crippen molar-refractivity contribution in [1.82, 2.24) is 4.90 Å². The molecule has 0 saturated carbocycles. The van der Waals surface area contributed by atoms with Crippen molar-refractivity contribution < 1.29 is 19.1 Å². The van der Waals surface area contributed by atoms with E-state index in [-0.39, 0.29) is 18.4 Å². The summed E-state index contributed by atoms with van der Waals surface area (Å²) in [6.07, 6.45) is 0. The maximum absolute atomic E-state index is 12.2. The summed E-state index contributed by atoms with van der Waals surface area (Å²) in [6.45, 7) is 3.96. The lowest BCUT2D eigenvalue weighted by molar-refractivity contribution is -0.133. The number of nitrogens with one attached hydrogen (secondary N) is 1. The smallest absolute Gasteiger partial charge is 0.244 e. The lowest BCUT2D eigenvalue weighted by Crippen LogP contribution is -2.39. The van der Waals surface area contributed by atoms with E-state index in [1.807, 2.05) is 31.2 Å². The van der Waals surface area contributed by atoms with Gasteiger partial charge in [-0.2, -0.15) is 0 Å². The zero-order valence-corrected chi connectivity index (χ0v) is 15.3. The third kappa shape index (κ3) is 5.81. The molecule has 2 aromatic carbocycles. The highest BCUT2D eigenvalue weighted by Gasteiger charge is 2.14. The summed E-state index contributed by atoms with van der Waals surface area (Å²) >= 11 is 0. The van der Waals surface area contributed by atoms with Crippen molar-refractivity contribution in [3.05, 3.63) is 54.1 Å². The minimum absolute atomic E-state index is 0.0182. The molecule has 0 spiro atoms. The van der Waals surface area contributed by atoms with Gasteiger partial charge in [0.15, 0.2) is 0 Å². The highest BCUT2D eigenvalue weighted by molar-refractivity contribution is 5.94. The lowest BCUT2D eigenvalue weighted by atomic mass is 10.2. The maximum atomic E-state index is 12.2. The number of anilines is 1. The zero-order valence-electron chi connectivity index (χ0n) is 15.3. The number of carbonyl (C=O) groups is 2. The molecule has 1 N–H and O–H groups in total. The van der Waals surface area contributed by atoms with Crippen LogP contribution in [0.1, 0.15) is 12.5 Å². The van der Waals surface area contributed by atoms with Gasteiger partial charge in [-0.05, 0) is 42.8 Å². The van der Waals surface area contributed by atoms with Crippen molar-refractivity contribution in [2.24, 2.45) is 0 Å². The molecular formula is C20H24N2O4. The monoisotopic (exact) mass is 356 g/mol. The number of benzene rings is 2. The predicted molar refractivity (Wildman–Crippen MR) is 101 cm³/mol. The Morgan fingerprint density at radius 1 is 1.04 bits per heavy atom. The van der Waals surface area contributed by atoms with Gasteiger partial charge in [0.05, 0.1) is 20.2 Å². The molecule has 0 aliphatic carbocycles. The van der Waals surface area contributed by atoms with E-state index in [2.05, 4.69) is 5.32 Å². The zero-order chi connectivity index (χ0) is 18.9. The van der Waals surface area contributed by atoms with Crippen molar-refractivity contribution in [2.45, 2.75) is 13.8 Å². The molecule has 6 nitrogen and oxygen atoms in total. The SMILES string of the molecule is COc1ccc(OCCN(CC(=O)Nc2ccccc2C)C(C)=O)cc1. The van der Waals surface area contributed by atoms with Gasteiger partial charge in [-0.25, -0.2) is 0 Å². The second-order valence-electron chi connectivity index (χ2n) is 5.83. The molecule has 0 aliphatic rings. The van der Waals surface area contributed by atoms with Gasteiger partial charge in [-0.15, -0.1) is 0 Å². The van der Waals surface area contributed by atoms with E-state index < -0.39 is 0 Å². The molecular weight excluding hydrogens is 332 g/mol. The highest BCUT2D eigenvalue weighted by atomic mass is 16.5. The number of nitrogens with zero attached hydrogens (tertiary/aromatic N) is 1. The van der Waals surface area contributed by atoms with E-state index in [1.165, 1.54) is 11.8 Å². The molecule has 0 aliphatic heterocycles. The van der Waals surface area contributed by atoms with Gasteiger partial charge in [-0.1, -0.05) is 18.2 Å². The van der Waals surface area contributed by atoms with E-state index in [9.17, 15) is 9.59 Å². The van der Waals surface area contributed by atoms with Crippen LogP contribution < -0.4 is 14.8 Å². The average molecular weight is 356 g/mol. The van der Waals surface area contributed by atoms with Crippen molar-refractivity contribution in [1.29, 1.82) is 0 Å². The van der Waals surface area contributed by atoms with Crippen LogP contribution in [0.3, 0.4) is 0 Å². The van der Waals surface area contributed by atoms with Gasteiger partial charge < -0.3 is 19.7 Å². The first-order valence-electron chi connectivity index (χ1n) is 8.37. The molecule has 0 heterocycles. The van der Waals surface area contributed by atoms with Gasteiger partial charge in [0.25, 0.3) is 0 Å². The van der Waals surface area contributed by atoms with E-state index in [4.69, 9.17) is 9.47 Å². The molecule has 0 radical (unpaired) electrons. The van der Waals surface area contributed by atoms with Crippen molar-refractivity contribution >= 4 is 17.5 Å². The normalized spacial score (nSPS) is 10.1. The Bertz CT molecular complexity index is 744. The Hall–Kier alpha value is -3.02. The lowest BCUT2D eigenvalue weighted by Gasteiger charge is -2.21. The van der Waals surface area contributed by atoms with Gasteiger partial charge >= 0.3 is 0 Å². The van der Waals surface area contributed by atoms with Crippen LogP contribution in [0.2, 0.25) is 0 Å². The molecule has 2 amide bonds. The highest BCUT2D eigenvalue weighted by Crippen LogP contribution is 2.17. The van der Waals surface area contributed by atoms with Crippen molar-refractivity contribution in [3.8, 4) is 11.5 Å². The van der Waals surface area contributed by atoms with Crippen LogP contribution in [-0.2, 0) is 9.59 Å². The van der Waals surface area contributed by atoms with Gasteiger partial charge in [-0.3, -0.25) is 9.59 Å². The molecule has 0 fully saturated rings. The van der Waals surface area contributed by atoms with E-state index in [1.54, 1.807) is 31.4 Å². The van der Waals surface area contributed by atoms with Crippen LogP contribution in [0, 0.1) is 6.92 Å². The van der Waals surface area contributed by atoms with Gasteiger partial charge in [0.1, 0.15) is 18.1 Å². The summed E-state index contributed by atoms with van der Waals surface area (Å²) in [5, 5.41) is 2.83. The molecule has 0 atom stereocenters. The predicted octanol–water partition coefficient (Wildman–Crippen LogP) is 2.87. The summed E-state index contributed by atoms with van der Waals surface area (Å²) in [7, 11) is 1.60. The molecule has 2 rings (SSSR count). The fourth-order valence-corrected chi connectivity index (χ4v) is 2.37. The third-order valence-electron chi connectivity index (χ3n) is 3.89. The van der Waals surface area contributed by atoms with E-state index in [0.29, 0.717) is 18.9 Å². The maximum Gasteiger partial charge on any atom is 0.244 e. The third-order valence-corrected chi connectivity index (χ3v) is 3.89. The molecule has 0 unspecified atom stereocenters. The number of hydrogen-bond acceptors (Lipinski definition) is 4. The topological polar surface area (TPSA) is 67.9 Å². The molecule has 2 aromatic rings. The molecule has 0 aromatic heterocycles. The number of hydrogen-bond donors (Lipinski definition) is 1. The van der Waals surface area contributed by atoms with Crippen LogP contribution >= 0.6 is 0 Å². The van der Waals surface area contributed by atoms with Crippen LogP contribution in [0.25, 0.3) is 0 Å². The summed E-state index contributed by atoms with van der Waals surface area (Å²) in [4.78, 5) is 25.5. The number of ether oxygens (including phenoxy) is 2. The Kier molecular flexibility index (Phi) is 7.02. The number of methoxy groups -OCH3 is 1. The molecule has 6 heteroatoms. The molecule has 0 saturated heterocycles. The summed E-state index contributed by atoms with van der Waals surface area (Å²) in [6, 6.07) is 14.7. The number of para-hydroxylation sites is 1. The van der Waals surface area contributed by atoms with Gasteiger partial charge in [0.2, 0.25) is 11.8 Å². The first-order chi connectivity index (χ1) is 12.5. The van der Waals surface area contributed by atoms with Crippen LogP contribution in [0.5, 0.6) is 11.5 Å². The Morgan fingerprint density at radius 3 is 2.31 bits per heavy atom. The van der Waals surface area contributed by atoms with E-state index in [0.717, 1.165) is 17.0 Å². The molecule has 26 heavy (non-hydrogen) atoms. The second kappa shape index (κ2) is 9.46. The van der Waals surface area contributed by atoms with Gasteiger partial charge in [0, 0.05) is 12.6 Å². The van der Waals surface area contributed by atoms with Crippen molar-refractivity contribution in [3.63, 3.8) is 0 Å². The Labute approximate surface area is 153 Å². The van der Waals surface area contributed by atoms with Crippen LogP contribution in [0.15, 0.2) is 48.5 Å². The fraction of sp³-hybridized carbons (Fsp3) is 0.300. The molecule has 0 bridgehead atoms. The summed E-state index contributed by atoms with van der Waals surface area (Å²) < 4.78 is 10.7. The quantitative estimate of drug-likeness (QED) is 0.790. The standard InChI is InChI=1S/C20H24N2O4/c1-15-6-4-5-7-19(15)21-20(24)14-22(16(2)23)12-13-26-18-10-8-17(25-3)9-11-18/h4-11H,12-14H2,1-3H3,(H,21,24). The molecule has 138 valence electrons. The Morgan fingerprint density at radius 2 is 1.69 bits per heavy atom. The largest absolute Gasteiger partial charge is 0.497 e. The van der Waals surface area contributed by atoms with Crippen LogP contribution in [-0.4, -0.2) is 43.5 Å². The fourth-order valence-electron chi connectivity index (χ4n) is 2.37. The average Bonchev–Trinajstić information content (AvgIpc) is 2.63. The van der Waals surface area contributed by atoms with E-state index >= 15 is 0 Å². The summed E-state index contributed by atoms with van der Waals surface area (Å²) in [5.74, 6) is 1.01. The number of carbonyl (C=O) groups excluding carboxylic acids is 2. The van der Waals surface area contributed by atoms with Crippen LogP contribution in [0.4, 0.5) is 5.69 Å². The number of aryl methyl sites for hydroxylation is 1. The number of amides is 2. The van der Waals surface area contributed by atoms with Crippen molar-refractivity contribution in [2.75, 3.05) is 32.1 Å². The minimum Gasteiger partial charge on any atom is -0.497 e. The minimum atomic E-state index is -0.237. The first kappa shape index (κ1) is 19.3. The second-order valence-corrected chi connectivity index (χ2v) is 5.83. The number of rotatable bonds is 8. The first-order valence-corrected chi connectivity index (χ1v) is 8.37.